The van der Waals surface area contributed by atoms with Crippen molar-refractivity contribution in [3.63, 3.8) is 0 Å². The molecule has 2 fully saturated rings. The highest BCUT2D eigenvalue weighted by atomic mass is 35.5. The summed E-state index contributed by atoms with van der Waals surface area (Å²) in [5.74, 6) is -2.14. The van der Waals surface area contributed by atoms with Crippen molar-refractivity contribution in [2.45, 2.75) is 24.7 Å². The standard InChI is InChI=1S/C22H20Cl2N4O6/c1-8-15(25)18(30)14-10(7-34-21(26)32)22(33-2)19-13(6-27(22)16(14)17(8)29)28(19)20(31)9-3-4-11(23)12(24)5-9/h3-5,10,13,19H,6-7,25H2,1-2H3,(H2,26,32)/t10-,13+,19+,22-,28?/m1/s1. The minimum Gasteiger partial charge on any atom is -0.449 e. The van der Waals surface area contributed by atoms with E-state index in [9.17, 15) is 19.2 Å². The summed E-state index contributed by atoms with van der Waals surface area (Å²) >= 11 is 12.1. The average Bonchev–Trinajstić information content (AvgIpc) is 3.30. The number of piperazine rings is 1. The number of fused-ring (bicyclic) bond motifs is 4. The summed E-state index contributed by atoms with van der Waals surface area (Å²) < 4.78 is 11.1. The number of ether oxygens (including phenoxy) is 2. The van der Waals surface area contributed by atoms with E-state index >= 15 is 0 Å². The van der Waals surface area contributed by atoms with Gasteiger partial charge in [-0.2, -0.15) is 0 Å². The van der Waals surface area contributed by atoms with Gasteiger partial charge in [0.1, 0.15) is 12.6 Å². The van der Waals surface area contributed by atoms with Gasteiger partial charge in [0.05, 0.1) is 33.4 Å². The van der Waals surface area contributed by atoms with Crippen LogP contribution in [-0.2, 0) is 19.1 Å². The van der Waals surface area contributed by atoms with Gasteiger partial charge >= 0.3 is 6.09 Å². The fourth-order valence-electron chi connectivity index (χ4n) is 5.53. The molecule has 0 bridgehead atoms. The van der Waals surface area contributed by atoms with Crippen LogP contribution in [0, 0.1) is 5.92 Å². The summed E-state index contributed by atoms with van der Waals surface area (Å²) in [6, 6.07) is 3.73. The Morgan fingerprint density at radius 1 is 1.21 bits per heavy atom. The number of amides is 2. The van der Waals surface area contributed by atoms with Gasteiger partial charge in [0.2, 0.25) is 11.6 Å². The van der Waals surface area contributed by atoms with Gasteiger partial charge in [-0.1, -0.05) is 23.2 Å². The van der Waals surface area contributed by atoms with Gasteiger partial charge < -0.3 is 30.7 Å². The zero-order chi connectivity index (χ0) is 24.7. The number of carbonyl (C=O) groups excluding carboxylic acids is 4. The molecule has 5 rings (SSSR count). The first kappa shape index (κ1) is 22.7. The lowest BCUT2D eigenvalue weighted by molar-refractivity contribution is -0.143. The van der Waals surface area contributed by atoms with E-state index in [-0.39, 0.29) is 52.7 Å². The molecule has 0 spiro atoms. The number of methoxy groups -OCH3 is 1. The summed E-state index contributed by atoms with van der Waals surface area (Å²) in [5.41, 5.74) is 10.4. The summed E-state index contributed by atoms with van der Waals surface area (Å²) in [5, 5.41) is 0.555. The molecule has 10 nitrogen and oxygen atoms in total. The molecule has 1 aromatic carbocycles. The number of rotatable bonds is 4. The molecular formula is C22H20Cl2N4O6. The molecule has 3 heterocycles. The Kier molecular flexibility index (Phi) is 4.98. The fraction of sp³-hybridized carbons (Fsp3) is 0.364. The molecule has 34 heavy (non-hydrogen) atoms. The molecule has 1 aromatic rings. The lowest BCUT2D eigenvalue weighted by atomic mass is 9.82. The third kappa shape index (κ3) is 2.79. The second-order valence-corrected chi connectivity index (χ2v) is 9.38. The molecule has 178 valence electrons. The Morgan fingerprint density at radius 3 is 2.53 bits per heavy atom. The van der Waals surface area contributed by atoms with Crippen LogP contribution in [0.3, 0.4) is 0 Å². The number of primary amides is 1. The monoisotopic (exact) mass is 506 g/mol. The first-order valence-corrected chi connectivity index (χ1v) is 11.1. The Labute approximate surface area is 204 Å². The van der Waals surface area contributed by atoms with Crippen LogP contribution in [0.25, 0.3) is 0 Å². The topological polar surface area (TPSA) is 145 Å². The van der Waals surface area contributed by atoms with E-state index in [0.717, 1.165) is 0 Å². The quantitative estimate of drug-likeness (QED) is 0.457. The summed E-state index contributed by atoms with van der Waals surface area (Å²) in [7, 11) is 1.42. The number of hydrogen-bond acceptors (Lipinski definition) is 8. The molecule has 3 aliphatic heterocycles. The maximum atomic E-state index is 13.3. The number of halogens is 2. The van der Waals surface area contributed by atoms with Crippen molar-refractivity contribution < 1.29 is 28.7 Å². The number of Topliss-reactive ketones (excluding diaryl/α,β-unsaturated/α-hetero) is 2. The van der Waals surface area contributed by atoms with Gasteiger partial charge in [0.25, 0.3) is 5.91 Å². The van der Waals surface area contributed by atoms with E-state index in [1.54, 1.807) is 15.9 Å². The van der Waals surface area contributed by atoms with E-state index in [0.29, 0.717) is 10.6 Å². The molecule has 1 aliphatic carbocycles. The smallest absolute Gasteiger partial charge is 0.404 e. The third-order valence-corrected chi connectivity index (χ3v) is 7.83. The Morgan fingerprint density at radius 2 is 1.91 bits per heavy atom. The van der Waals surface area contributed by atoms with Crippen molar-refractivity contribution in [2.24, 2.45) is 17.4 Å². The normalized spacial score (nSPS) is 29.4. The first-order chi connectivity index (χ1) is 16.1. The maximum absolute atomic E-state index is 13.3. The highest BCUT2D eigenvalue weighted by Gasteiger charge is 2.77. The number of ketones is 2. The number of hydrogen-bond donors (Lipinski definition) is 2. The average molecular weight is 507 g/mol. The lowest BCUT2D eigenvalue weighted by Gasteiger charge is -2.41. The van der Waals surface area contributed by atoms with Crippen LogP contribution in [0.1, 0.15) is 17.3 Å². The van der Waals surface area contributed by atoms with Crippen LogP contribution < -0.4 is 11.5 Å². The van der Waals surface area contributed by atoms with Crippen LogP contribution in [0.5, 0.6) is 0 Å². The minimum atomic E-state index is -1.33. The van der Waals surface area contributed by atoms with Gasteiger partial charge in [-0.3, -0.25) is 14.4 Å². The molecule has 12 heteroatoms. The predicted molar refractivity (Wildman–Crippen MR) is 120 cm³/mol. The molecule has 4 aliphatic rings. The van der Waals surface area contributed by atoms with Gasteiger partial charge in [-0.05, 0) is 25.1 Å². The SMILES string of the molecule is CO[C@@]12[C@H](COC(N)=O)C3=C(C(=O)C(C)=C(N)C3=O)N1C[C@H]1[C@@H]2N1C(=O)c1ccc(Cl)c(Cl)c1. The van der Waals surface area contributed by atoms with Crippen molar-refractivity contribution in [1.82, 2.24) is 9.80 Å². The van der Waals surface area contributed by atoms with Gasteiger partial charge in [0.15, 0.2) is 5.72 Å². The molecule has 4 N–H and O–H groups in total. The number of allylic oxidation sites excluding steroid dienone is 2. The fourth-order valence-corrected chi connectivity index (χ4v) is 5.83. The van der Waals surface area contributed by atoms with Gasteiger partial charge in [0, 0.05) is 30.4 Å². The van der Waals surface area contributed by atoms with E-state index in [2.05, 4.69) is 0 Å². The second kappa shape index (κ2) is 7.46. The highest BCUT2D eigenvalue weighted by molar-refractivity contribution is 6.42. The summed E-state index contributed by atoms with van der Waals surface area (Å²) in [6.07, 6.45) is -1.05. The van der Waals surface area contributed by atoms with Gasteiger partial charge in [-0.15, -0.1) is 0 Å². The zero-order valence-electron chi connectivity index (χ0n) is 18.1. The molecule has 0 radical (unpaired) electrons. The van der Waals surface area contributed by atoms with Crippen molar-refractivity contribution in [2.75, 3.05) is 20.3 Å². The third-order valence-electron chi connectivity index (χ3n) is 7.09. The summed E-state index contributed by atoms with van der Waals surface area (Å²) in [6.45, 7) is 1.39. The maximum Gasteiger partial charge on any atom is 0.404 e. The van der Waals surface area contributed by atoms with Crippen molar-refractivity contribution in [3.05, 3.63) is 56.3 Å². The van der Waals surface area contributed by atoms with Gasteiger partial charge in [-0.25, -0.2) is 4.79 Å². The molecule has 2 saturated heterocycles. The second-order valence-electron chi connectivity index (χ2n) is 8.56. The molecule has 0 saturated carbocycles. The minimum absolute atomic E-state index is 0.100. The van der Waals surface area contributed by atoms with Crippen LogP contribution in [0.15, 0.2) is 40.7 Å². The lowest BCUT2D eigenvalue weighted by Crippen LogP contribution is -2.56. The van der Waals surface area contributed by atoms with E-state index in [4.69, 9.17) is 44.1 Å². The highest BCUT2D eigenvalue weighted by Crippen LogP contribution is 2.60. The number of benzene rings is 1. The molecule has 0 unspecified atom stereocenters. The largest absolute Gasteiger partial charge is 0.449 e. The van der Waals surface area contributed by atoms with Crippen LogP contribution in [0.2, 0.25) is 10.0 Å². The molecule has 4 atom stereocenters. The first-order valence-electron chi connectivity index (χ1n) is 10.4. The zero-order valence-corrected chi connectivity index (χ0v) is 19.6. The number of nitrogens with zero attached hydrogens (tertiary/aromatic N) is 2. The van der Waals surface area contributed by atoms with Crippen LogP contribution >= 0.6 is 23.2 Å². The Hall–Kier alpha value is -3.08. The number of carbonyl (C=O) groups is 4. The van der Waals surface area contributed by atoms with Crippen molar-refractivity contribution >= 4 is 46.8 Å². The predicted octanol–water partition coefficient (Wildman–Crippen LogP) is 1.21. The Balaban J connectivity index is 1.56. The molecule has 2 amide bonds. The number of nitrogens with two attached hydrogens (primary N) is 2. The molecular weight excluding hydrogens is 487 g/mol. The summed E-state index contributed by atoms with van der Waals surface area (Å²) in [4.78, 5) is 54.4. The van der Waals surface area contributed by atoms with Crippen LogP contribution in [-0.4, -0.2) is 71.4 Å². The van der Waals surface area contributed by atoms with Crippen LogP contribution in [0.4, 0.5) is 4.79 Å². The van der Waals surface area contributed by atoms with E-state index in [1.165, 1.54) is 26.2 Å². The van der Waals surface area contributed by atoms with Crippen molar-refractivity contribution in [3.8, 4) is 0 Å². The van der Waals surface area contributed by atoms with E-state index in [1.807, 2.05) is 0 Å². The van der Waals surface area contributed by atoms with E-state index < -0.39 is 35.3 Å². The Bertz CT molecular complexity index is 1260. The van der Waals surface area contributed by atoms with Crippen molar-refractivity contribution in [1.29, 1.82) is 0 Å². The molecule has 0 aromatic heterocycles.